The zero-order valence-electron chi connectivity index (χ0n) is 42.1. The number of carbonyl (C=O) groups is 1. The molecule has 2 aliphatic rings. The van der Waals surface area contributed by atoms with Crippen molar-refractivity contribution >= 4 is 5.91 Å². The van der Waals surface area contributed by atoms with Crippen LogP contribution in [0, 0.1) is 0 Å². The highest BCUT2D eigenvalue weighted by Crippen LogP contribution is 2.30. The van der Waals surface area contributed by atoms with Crippen LogP contribution in [-0.2, 0) is 23.7 Å². The molecule has 0 aromatic heterocycles. The minimum atomic E-state index is -1.79. The first-order chi connectivity index (χ1) is 33.1. The fraction of sp³-hybridized carbons (Fsp3) is 0.833. The number of carbonyl (C=O) groups excluding carboxylic acids is 1. The van der Waals surface area contributed by atoms with Crippen LogP contribution in [0.3, 0.4) is 0 Å². The van der Waals surface area contributed by atoms with Gasteiger partial charge in [0.25, 0.3) is 0 Å². The molecule has 396 valence electrons. The molecule has 1 amide bonds. The average molecular weight is 968 g/mol. The van der Waals surface area contributed by atoms with Gasteiger partial charge >= 0.3 is 0 Å². The highest BCUT2D eigenvalue weighted by Gasteiger charge is 2.51. The Hall–Kier alpha value is -2.05. The lowest BCUT2D eigenvalue weighted by Gasteiger charge is -2.46. The number of allylic oxidation sites excluding steroid dienone is 7. The highest BCUT2D eigenvalue weighted by atomic mass is 16.7. The molecule has 2 aliphatic heterocycles. The molecule has 0 saturated carbocycles. The first-order valence-corrected chi connectivity index (χ1v) is 26.9. The zero-order chi connectivity index (χ0) is 49.6. The number of aliphatic hydroxyl groups excluding tert-OH is 8. The molecule has 0 aromatic rings. The summed E-state index contributed by atoms with van der Waals surface area (Å²) in [5.41, 5.74) is 0. The van der Waals surface area contributed by atoms with Gasteiger partial charge < -0.3 is 65.1 Å². The standard InChI is InChI=1S/C54H97NO13/c1-3-5-7-9-11-13-15-17-19-21-23-25-27-29-31-33-35-37-43(58)42(55-46(59)38-36-34-32-30-28-26-24-22-20-18-16-14-12-10-8-6-4-2)41-65-53-51(64)49(62)52(45(40-57)67-53)68-54-50(63)48(61)47(60)44(39-56)66-54/h6,8,12,14,18,20,35,37,42-45,47-54,56-58,60-64H,3-5,7,9-11,13,15-17,19,21-34,36,38-41H2,1-2H3,(H,55,59)/b8-6-,14-12-,20-18-,37-35+. The summed E-state index contributed by atoms with van der Waals surface area (Å²) in [6.45, 7) is 2.67. The van der Waals surface area contributed by atoms with Crippen molar-refractivity contribution in [2.45, 2.75) is 267 Å². The van der Waals surface area contributed by atoms with E-state index in [4.69, 9.17) is 18.9 Å². The van der Waals surface area contributed by atoms with Gasteiger partial charge in [0, 0.05) is 6.42 Å². The smallest absolute Gasteiger partial charge is 0.220 e. The van der Waals surface area contributed by atoms with Gasteiger partial charge in [-0.05, 0) is 51.4 Å². The van der Waals surface area contributed by atoms with Crippen molar-refractivity contribution in [2.75, 3.05) is 19.8 Å². The van der Waals surface area contributed by atoms with E-state index in [9.17, 15) is 45.6 Å². The zero-order valence-corrected chi connectivity index (χ0v) is 42.1. The molecular formula is C54H97NO13. The van der Waals surface area contributed by atoms with E-state index in [0.717, 1.165) is 70.6 Å². The lowest BCUT2D eigenvalue weighted by atomic mass is 9.97. The van der Waals surface area contributed by atoms with Gasteiger partial charge in [0.2, 0.25) is 5.91 Å². The molecular weight excluding hydrogens is 871 g/mol. The number of amides is 1. The molecule has 12 atom stereocenters. The molecule has 2 rings (SSSR count). The maximum absolute atomic E-state index is 13.2. The number of ether oxygens (including phenoxy) is 4. The number of nitrogens with one attached hydrogen (secondary N) is 1. The molecule has 14 nitrogen and oxygen atoms in total. The van der Waals surface area contributed by atoms with Crippen LogP contribution in [0.2, 0.25) is 0 Å². The molecule has 2 heterocycles. The Bertz CT molecular complexity index is 1330. The van der Waals surface area contributed by atoms with Gasteiger partial charge in [0.15, 0.2) is 12.6 Å². The van der Waals surface area contributed by atoms with Crippen LogP contribution in [0.5, 0.6) is 0 Å². The van der Waals surface area contributed by atoms with E-state index in [2.05, 4.69) is 55.6 Å². The lowest BCUT2D eigenvalue weighted by molar-refractivity contribution is -0.359. The molecule has 0 radical (unpaired) electrons. The van der Waals surface area contributed by atoms with E-state index in [1.165, 1.54) is 96.3 Å². The largest absolute Gasteiger partial charge is 0.394 e. The van der Waals surface area contributed by atoms with E-state index in [1.54, 1.807) is 6.08 Å². The lowest BCUT2D eigenvalue weighted by Crippen LogP contribution is -2.65. The van der Waals surface area contributed by atoms with E-state index in [1.807, 2.05) is 6.08 Å². The van der Waals surface area contributed by atoms with Crippen molar-refractivity contribution in [3.63, 3.8) is 0 Å². The maximum atomic E-state index is 13.2. The molecule has 2 saturated heterocycles. The Kier molecular flexibility index (Phi) is 37.0. The van der Waals surface area contributed by atoms with Crippen LogP contribution in [-0.4, -0.2) is 140 Å². The molecule has 0 aromatic carbocycles. The number of hydrogen-bond acceptors (Lipinski definition) is 13. The summed E-state index contributed by atoms with van der Waals surface area (Å²) < 4.78 is 22.7. The van der Waals surface area contributed by atoms with E-state index in [0.29, 0.717) is 6.42 Å². The van der Waals surface area contributed by atoms with Gasteiger partial charge in [-0.25, -0.2) is 0 Å². The summed E-state index contributed by atoms with van der Waals surface area (Å²) in [5.74, 6) is -0.251. The predicted octanol–water partition coefficient (Wildman–Crippen LogP) is 7.66. The third-order valence-electron chi connectivity index (χ3n) is 13.0. The summed E-state index contributed by atoms with van der Waals surface area (Å²) in [5, 5.41) is 86.9. The summed E-state index contributed by atoms with van der Waals surface area (Å²) >= 11 is 0. The number of hydrogen-bond donors (Lipinski definition) is 9. The molecule has 14 heteroatoms. The number of unbranched alkanes of at least 4 members (excludes halogenated alkanes) is 22. The monoisotopic (exact) mass is 968 g/mol. The SMILES string of the molecule is CC/C=C\C/C=C\C/C=C\CCCCCCCCCC(=O)NC(COC1OC(CO)C(OC2OC(CO)C(O)C(O)C2O)C(O)C1O)C(O)/C=C/CCCCCCCCCCCCCCCCC. The van der Waals surface area contributed by atoms with E-state index >= 15 is 0 Å². The number of aliphatic hydroxyl groups is 8. The van der Waals surface area contributed by atoms with Crippen LogP contribution in [0.15, 0.2) is 48.6 Å². The predicted molar refractivity (Wildman–Crippen MR) is 267 cm³/mol. The molecule has 12 unspecified atom stereocenters. The Morgan fingerprint density at radius 3 is 1.56 bits per heavy atom. The van der Waals surface area contributed by atoms with Crippen molar-refractivity contribution in [3.05, 3.63) is 48.6 Å². The molecule has 0 aliphatic carbocycles. The fourth-order valence-electron chi connectivity index (χ4n) is 8.66. The summed E-state index contributed by atoms with van der Waals surface area (Å²) in [4.78, 5) is 13.2. The highest BCUT2D eigenvalue weighted by molar-refractivity contribution is 5.76. The fourth-order valence-corrected chi connectivity index (χ4v) is 8.66. The molecule has 0 spiro atoms. The van der Waals surface area contributed by atoms with Crippen molar-refractivity contribution < 1.29 is 64.6 Å². The quantitative estimate of drug-likeness (QED) is 0.0212. The number of rotatable bonds is 41. The molecule has 0 bridgehead atoms. The van der Waals surface area contributed by atoms with Gasteiger partial charge in [-0.1, -0.05) is 184 Å². The second kappa shape index (κ2) is 40.5. The van der Waals surface area contributed by atoms with Gasteiger partial charge in [-0.3, -0.25) is 4.79 Å². The molecule has 68 heavy (non-hydrogen) atoms. The molecule has 9 N–H and O–H groups in total. The van der Waals surface area contributed by atoms with Crippen molar-refractivity contribution in [1.29, 1.82) is 0 Å². The summed E-state index contributed by atoms with van der Waals surface area (Å²) in [6, 6.07) is -0.920. The minimum absolute atomic E-state index is 0.251. The van der Waals surface area contributed by atoms with Gasteiger partial charge in [0.1, 0.15) is 48.8 Å². The second-order valence-corrected chi connectivity index (χ2v) is 19.0. The second-order valence-electron chi connectivity index (χ2n) is 19.0. The Labute approximate surface area is 410 Å². The topological polar surface area (TPSA) is 228 Å². The van der Waals surface area contributed by atoms with E-state index < -0.39 is 86.8 Å². The Balaban J connectivity index is 1.83. The first-order valence-electron chi connectivity index (χ1n) is 26.9. The van der Waals surface area contributed by atoms with Crippen LogP contribution in [0.4, 0.5) is 0 Å². The normalized spacial score (nSPS) is 26.7. The van der Waals surface area contributed by atoms with Gasteiger partial charge in [-0.2, -0.15) is 0 Å². The Morgan fingerprint density at radius 2 is 1.01 bits per heavy atom. The van der Waals surface area contributed by atoms with Crippen LogP contribution in [0.1, 0.15) is 194 Å². The van der Waals surface area contributed by atoms with E-state index in [-0.39, 0.29) is 18.9 Å². The average Bonchev–Trinajstić information content (AvgIpc) is 3.34. The van der Waals surface area contributed by atoms with Crippen LogP contribution in [0.25, 0.3) is 0 Å². The third kappa shape index (κ3) is 27.0. The van der Waals surface area contributed by atoms with Gasteiger partial charge in [0.05, 0.1) is 32.0 Å². The summed E-state index contributed by atoms with van der Waals surface area (Å²) in [6.07, 6.45) is 31.4. The maximum Gasteiger partial charge on any atom is 0.220 e. The van der Waals surface area contributed by atoms with Crippen molar-refractivity contribution in [3.8, 4) is 0 Å². The van der Waals surface area contributed by atoms with Crippen LogP contribution < -0.4 is 5.32 Å². The third-order valence-corrected chi connectivity index (χ3v) is 13.0. The first kappa shape index (κ1) is 62.1. The summed E-state index contributed by atoms with van der Waals surface area (Å²) in [7, 11) is 0. The Morgan fingerprint density at radius 1 is 0.544 bits per heavy atom. The van der Waals surface area contributed by atoms with Gasteiger partial charge in [-0.15, -0.1) is 0 Å². The minimum Gasteiger partial charge on any atom is -0.394 e. The van der Waals surface area contributed by atoms with Crippen molar-refractivity contribution in [2.24, 2.45) is 0 Å². The molecule has 2 fully saturated rings. The van der Waals surface area contributed by atoms with Crippen molar-refractivity contribution in [1.82, 2.24) is 5.32 Å². The van der Waals surface area contributed by atoms with Crippen LogP contribution >= 0.6 is 0 Å².